The Kier molecular flexibility index (Phi) is 2.61. The number of rotatable bonds is 1. The summed E-state index contributed by atoms with van der Waals surface area (Å²) in [6.45, 7) is 0. The Hall–Kier alpha value is -1.39. The van der Waals surface area contributed by atoms with Crippen molar-refractivity contribution in [3.63, 3.8) is 0 Å². The van der Waals surface area contributed by atoms with Gasteiger partial charge in [0, 0.05) is 4.47 Å². The summed E-state index contributed by atoms with van der Waals surface area (Å²) in [5, 5.41) is 0.618. The molecule has 0 fully saturated rings. The maximum absolute atomic E-state index is 5.70. The van der Waals surface area contributed by atoms with Crippen LogP contribution in [0, 0.1) is 0 Å². The van der Waals surface area contributed by atoms with Gasteiger partial charge in [0.15, 0.2) is 5.13 Å². The van der Waals surface area contributed by atoms with Crippen molar-refractivity contribution in [2.75, 3.05) is 5.73 Å². The number of nitrogen functional groups attached to an aromatic ring is 1. The van der Waals surface area contributed by atoms with E-state index in [9.17, 15) is 0 Å². The van der Waals surface area contributed by atoms with Crippen molar-refractivity contribution in [1.82, 2.24) is 4.98 Å². The van der Waals surface area contributed by atoms with Gasteiger partial charge in [0.05, 0.1) is 10.2 Å². The molecule has 17 heavy (non-hydrogen) atoms. The van der Waals surface area contributed by atoms with E-state index in [1.165, 1.54) is 16.9 Å². The van der Waals surface area contributed by atoms with Gasteiger partial charge in [0.25, 0.3) is 0 Å². The third-order valence-electron chi connectivity index (χ3n) is 2.58. The van der Waals surface area contributed by atoms with Crippen LogP contribution in [0.1, 0.15) is 0 Å². The van der Waals surface area contributed by atoms with E-state index in [0.29, 0.717) is 5.13 Å². The van der Waals surface area contributed by atoms with Crippen molar-refractivity contribution in [3.8, 4) is 11.1 Å². The number of nitrogens with two attached hydrogens (primary N) is 1. The summed E-state index contributed by atoms with van der Waals surface area (Å²) in [4.78, 5) is 4.30. The minimum absolute atomic E-state index is 0.618. The van der Waals surface area contributed by atoms with Gasteiger partial charge in [0.2, 0.25) is 0 Å². The van der Waals surface area contributed by atoms with E-state index in [2.05, 4.69) is 51.2 Å². The van der Waals surface area contributed by atoms with Crippen LogP contribution in [0.4, 0.5) is 5.13 Å². The quantitative estimate of drug-likeness (QED) is 0.727. The molecule has 2 nitrogen and oxygen atoms in total. The van der Waals surface area contributed by atoms with Crippen LogP contribution in [-0.4, -0.2) is 4.98 Å². The molecule has 0 aliphatic rings. The van der Waals surface area contributed by atoms with E-state index in [-0.39, 0.29) is 0 Å². The lowest BCUT2D eigenvalue weighted by atomic mass is 10.1. The predicted octanol–water partition coefficient (Wildman–Crippen LogP) is 4.31. The second-order valence-electron chi connectivity index (χ2n) is 3.74. The molecule has 84 valence electrons. The molecule has 1 aromatic heterocycles. The van der Waals surface area contributed by atoms with Gasteiger partial charge >= 0.3 is 0 Å². The van der Waals surface area contributed by atoms with Gasteiger partial charge in [-0.3, -0.25) is 0 Å². The van der Waals surface area contributed by atoms with Crippen LogP contribution in [0.5, 0.6) is 0 Å². The first-order valence-corrected chi connectivity index (χ1v) is 6.75. The van der Waals surface area contributed by atoms with Crippen LogP contribution in [-0.2, 0) is 0 Å². The van der Waals surface area contributed by atoms with Crippen LogP contribution in [0.15, 0.2) is 46.9 Å². The lowest BCUT2D eigenvalue weighted by molar-refractivity contribution is 1.49. The van der Waals surface area contributed by atoms with Crippen molar-refractivity contribution < 1.29 is 0 Å². The second kappa shape index (κ2) is 4.13. The highest BCUT2D eigenvalue weighted by molar-refractivity contribution is 9.10. The zero-order chi connectivity index (χ0) is 11.8. The molecule has 3 aromatic rings. The minimum atomic E-state index is 0.618. The van der Waals surface area contributed by atoms with Crippen molar-refractivity contribution in [3.05, 3.63) is 46.9 Å². The largest absolute Gasteiger partial charge is 0.375 e. The van der Waals surface area contributed by atoms with Gasteiger partial charge in [-0.2, -0.15) is 0 Å². The number of anilines is 1. The standard InChI is InChI=1S/C13H9BrN2S/c14-10-4-1-8(2-5-10)9-3-6-12-11(7-9)16-13(15)17-12/h1-7H,(H2,15,16). The average Bonchev–Trinajstić information content (AvgIpc) is 2.69. The Balaban J connectivity index is 2.13. The first kappa shape index (κ1) is 10.7. The molecular formula is C13H9BrN2S. The summed E-state index contributed by atoms with van der Waals surface area (Å²) in [5.41, 5.74) is 9.01. The summed E-state index contributed by atoms with van der Waals surface area (Å²) in [6, 6.07) is 14.5. The van der Waals surface area contributed by atoms with Gasteiger partial charge < -0.3 is 5.73 Å². The summed E-state index contributed by atoms with van der Waals surface area (Å²) in [6.07, 6.45) is 0. The van der Waals surface area contributed by atoms with Gasteiger partial charge in [-0.1, -0.05) is 45.5 Å². The third-order valence-corrected chi connectivity index (χ3v) is 3.98. The number of nitrogens with zero attached hydrogens (tertiary/aromatic N) is 1. The monoisotopic (exact) mass is 304 g/mol. The van der Waals surface area contributed by atoms with Gasteiger partial charge in [-0.05, 0) is 35.4 Å². The molecule has 1 heterocycles. The summed E-state index contributed by atoms with van der Waals surface area (Å²) in [5.74, 6) is 0. The molecule has 0 amide bonds. The van der Waals surface area contributed by atoms with Crippen molar-refractivity contribution >= 4 is 42.6 Å². The number of benzene rings is 2. The van der Waals surface area contributed by atoms with Crippen molar-refractivity contribution in [1.29, 1.82) is 0 Å². The van der Waals surface area contributed by atoms with Gasteiger partial charge in [0.1, 0.15) is 0 Å². The predicted molar refractivity (Wildman–Crippen MR) is 77.2 cm³/mol. The maximum Gasteiger partial charge on any atom is 0.181 e. The molecule has 0 unspecified atom stereocenters. The number of hydrogen-bond acceptors (Lipinski definition) is 3. The molecule has 4 heteroatoms. The Morgan fingerprint density at radius 2 is 1.71 bits per heavy atom. The second-order valence-corrected chi connectivity index (χ2v) is 5.72. The highest BCUT2D eigenvalue weighted by Crippen LogP contribution is 2.29. The van der Waals surface area contributed by atoms with E-state index in [1.54, 1.807) is 0 Å². The molecule has 0 saturated heterocycles. The van der Waals surface area contributed by atoms with Gasteiger partial charge in [-0.25, -0.2) is 4.98 Å². The molecule has 0 atom stereocenters. The zero-order valence-corrected chi connectivity index (χ0v) is 11.3. The molecule has 2 aromatic carbocycles. The molecular weight excluding hydrogens is 296 g/mol. The summed E-state index contributed by atoms with van der Waals surface area (Å²) in [7, 11) is 0. The normalized spacial score (nSPS) is 10.9. The smallest absolute Gasteiger partial charge is 0.181 e. The molecule has 3 rings (SSSR count). The fraction of sp³-hybridized carbons (Fsp3) is 0. The fourth-order valence-electron chi connectivity index (χ4n) is 1.77. The molecule has 0 bridgehead atoms. The van der Waals surface area contributed by atoms with Crippen molar-refractivity contribution in [2.24, 2.45) is 0 Å². The molecule has 0 radical (unpaired) electrons. The lowest BCUT2D eigenvalue weighted by Gasteiger charge is -2.01. The van der Waals surface area contributed by atoms with E-state index in [1.807, 2.05) is 12.1 Å². The average molecular weight is 305 g/mol. The van der Waals surface area contributed by atoms with Crippen LogP contribution >= 0.6 is 27.3 Å². The van der Waals surface area contributed by atoms with E-state index in [0.717, 1.165) is 20.3 Å². The van der Waals surface area contributed by atoms with Crippen LogP contribution in [0.25, 0.3) is 21.3 Å². The number of halogens is 1. The molecule has 2 N–H and O–H groups in total. The van der Waals surface area contributed by atoms with Gasteiger partial charge in [-0.15, -0.1) is 0 Å². The summed E-state index contributed by atoms with van der Waals surface area (Å²) < 4.78 is 2.21. The van der Waals surface area contributed by atoms with E-state index < -0.39 is 0 Å². The van der Waals surface area contributed by atoms with E-state index >= 15 is 0 Å². The summed E-state index contributed by atoms with van der Waals surface area (Å²) >= 11 is 4.95. The van der Waals surface area contributed by atoms with Crippen molar-refractivity contribution in [2.45, 2.75) is 0 Å². The SMILES string of the molecule is Nc1nc2cc(-c3ccc(Br)cc3)ccc2s1. The number of thiazole rings is 1. The number of hydrogen-bond donors (Lipinski definition) is 1. The number of fused-ring (bicyclic) bond motifs is 1. The lowest BCUT2D eigenvalue weighted by Crippen LogP contribution is -1.80. The first-order valence-electron chi connectivity index (χ1n) is 5.14. The zero-order valence-electron chi connectivity index (χ0n) is 8.85. The highest BCUT2D eigenvalue weighted by Gasteiger charge is 2.03. The van der Waals surface area contributed by atoms with Crippen LogP contribution < -0.4 is 5.73 Å². The van der Waals surface area contributed by atoms with Crippen LogP contribution in [0.2, 0.25) is 0 Å². The Labute approximate surface area is 111 Å². The molecule has 0 saturated carbocycles. The highest BCUT2D eigenvalue weighted by atomic mass is 79.9. The minimum Gasteiger partial charge on any atom is -0.375 e. The Bertz CT molecular complexity index is 673. The van der Waals surface area contributed by atoms with Crippen LogP contribution in [0.3, 0.4) is 0 Å². The molecule has 0 aliphatic heterocycles. The third kappa shape index (κ3) is 2.06. The fourth-order valence-corrected chi connectivity index (χ4v) is 2.75. The first-order chi connectivity index (χ1) is 8.22. The molecule has 0 spiro atoms. The Morgan fingerprint density at radius 3 is 2.47 bits per heavy atom. The maximum atomic E-state index is 5.70. The Morgan fingerprint density at radius 1 is 1.00 bits per heavy atom. The molecule has 0 aliphatic carbocycles. The van der Waals surface area contributed by atoms with E-state index in [4.69, 9.17) is 5.73 Å². The topological polar surface area (TPSA) is 38.9 Å². The number of aromatic nitrogens is 1.